The molecule has 0 saturated carbocycles. The van der Waals surface area contributed by atoms with Gasteiger partial charge in [-0.3, -0.25) is 4.79 Å². The standard InChI is InChI=1S/C14H19N5O2/c1-10(14-15-17-18-16-14)9-19(2)13(20)8-11-4-6-12(21-3)7-5-11/h4-7,10H,8-9H2,1-3H3,(H,15,16,17,18)/t10-/m0/s1. The molecule has 0 saturated heterocycles. The molecular weight excluding hydrogens is 270 g/mol. The number of aromatic nitrogens is 4. The Hall–Kier alpha value is -2.44. The summed E-state index contributed by atoms with van der Waals surface area (Å²) >= 11 is 0. The molecule has 1 aromatic carbocycles. The average molecular weight is 289 g/mol. The van der Waals surface area contributed by atoms with Gasteiger partial charge in [0.2, 0.25) is 5.91 Å². The number of aromatic amines is 1. The van der Waals surface area contributed by atoms with Gasteiger partial charge in [-0.1, -0.05) is 24.3 Å². The second kappa shape index (κ2) is 6.83. The van der Waals surface area contributed by atoms with Crippen LogP contribution in [0.3, 0.4) is 0 Å². The Kier molecular flexibility index (Phi) is 4.86. The summed E-state index contributed by atoms with van der Waals surface area (Å²) < 4.78 is 5.10. The Morgan fingerprint density at radius 1 is 1.38 bits per heavy atom. The Bertz CT molecular complexity index is 568. The lowest BCUT2D eigenvalue weighted by Gasteiger charge is -2.20. The largest absolute Gasteiger partial charge is 0.497 e. The van der Waals surface area contributed by atoms with Crippen molar-refractivity contribution in [3.05, 3.63) is 35.7 Å². The van der Waals surface area contributed by atoms with Gasteiger partial charge in [-0.2, -0.15) is 5.21 Å². The van der Waals surface area contributed by atoms with Crippen molar-refractivity contribution in [2.75, 3.05) is 20.7 Å². The predicted molar refractivity (Wildman–Crippen MR) is 76.9 cm³/mol. The van der Waals surface area contributed by atoms with Crippen LogP contribution in [0.4, 0.5) is 0 Å². The summed E-state index contributed by atoms with van der Waals surface area (Å²) in [5, 5.41) is 13.8. The lowest BCUT2D eigenvalue weighted by atomic mass is 10.1. The molecule has 1 N–H and O–H groups in total. The second-order valence-electron chi connectivity index (χ2n) is 4.97. The minimum atomic E-state index is 0.0357. The van der Waals surface area contributed by atoms with E-state index in [2.05, 4.69) is 20.6 Å². The molecule has 0 radical (unpaired) electrons. The molecule has 1 aromatic heterocycles. The van der Waals surface area contributed by atoms with E-state index in [9.17, 15) is 4.79 Å². The molecule has 2 rings (SSSR count). The van der Waals surface area contributed by atoms with Crippen LogP contribution in [-0.4, -0.2) is 52.1 Å². The number of tetrazole rings is 1. The van der Waals surface area contributed by atoms with Gasteiger partial charge in [0, 0.05) is 19.5 Å². The molecule has 0 bridgehead atoms. The number of benzene rings is 1. The van der Waals surface area contributed by atoms with Gasteiger partial charge < -0.3 is 9.64 Å². The predicted octanol–water partition coefficient (Wildman–Crippen LogP) is 1.01. The monoisotopic (exact) mass is 289 g/mol. The van der Waals surface area contributed by atoms with Gasteiger partial charge in [0.15, 0.2) is 5.82 Å². The van der Waals surface area contributed by atoms with Gasteiger partial charge in [0.1, 0.15) is 5.75 Å². The normalized spacial score (nSPS) is 12.0. The maximum absolute atomic E-state index is 12.2. The number of amides is 1. The molecule has 0 unspecified atom stereocenters. The van der Waals surface area contributed by atoms with E-state index in [4.69, 9.17) is 4.74 Å². The molecule has 0 aliphatic heterocycles. The van der Waals surface area contributed by atoms with Gasteiger partial charge in [0.25, 0.3) is 0 Å². The van der Waals surface area contributed by atoms with Gasteiger partial charge in [-0.15, -0.1) is 10.2 Å². The van der Waals surface area contributed by atoms with Gasteiger partial charge in [-0.25, -0.2) is 0 Å². The van der Waals surface area contributed by atoms with E-state index in [1.54, 1.807) is 19.1 Å². The van der Waals surface area contributed by atoms with E-state index < -0.39 is 0 Å². The van der Waals surface area contributed by atoms with Crippen molar-refractivity contribution >= 4 is 5.91 Å². The van der Waals surface area contributed by atoms with Crippen LogP contribution >= 0.6 is 0 Å². The molecule has 2 aromatic rings. The van der Waals surface area contributed by atoms with Crippen molar-refractivity contribution in [1.29, 1.82) is 0 Å². The molecule has 7 heteroatoms. The number of carbonyl (C=O) groups is 1. The number of methoxy groups -OCH3 is 1. The highest BCUT2D eigenvalue weighted by Crippen LogP contribution is 2.14. The quantitative estimate of drug-likeness (QED) is 0.858. The van der Waals surface area contributed by atoms with Gasteiger partial charge in [-0.05, 0) is 17.7 Å². The molecule has 0 aliphatic carbocycles. The summed E-state index contributed by atoms with van der Waals surface area (Å²) in [6, 6.07) is 7.50. The van der Waals surface area contributed by atoms with Crippen LogP contribution in [0.25, 0.3) is 0 Å². The van der Waals surface area contributed by atoms with E-state index in [-0.39, 0.29) is 11.8 Å². The third kappa shape index (κ3) is 4.01. The molecule has 7 nitrogen and oxygen atoms in total. The van der Waals surface area contributed by atoms with E-state index in [0.717, 1.165) is 11.3 Å². The number of H-pyrrole nitrogens is 1. The molecule has 1 atom stereocenters. The highest BCUT2D eigenvalue weighted by Gasteiger charge is 2.17. The highest BCUT2D eigenvalue weighted by atomic mass is 16.5. The first-order chi connectivity index (χ1) is 10.1. The molecule has 0 fully saturated rings. The van der Waals surface area contributed by atoms with Crippen LogP contribution in [0, 0.1) is 0 Å². The maximum Gasteiger partial charge on any atom is 0.226 e. The number of ether oxygens (including phenoxy) is 1. The Labute approximate surface area is 123 Å². The molecule has 112 valence electrons. The highest BCUT2D eigenvalue weighted by molar-refractivity contribution is 5.78. The number of rotatable bonds is 6. The lowest BCUT2D eigenvalue weighted by molar-refractivity contribution is -0.129. The average Bonchev–Trinajstić information content (AvgIpc) is 3.02. The van der Waals surface area contributed by atoms with Crippen molar-refractivity contribution in [2.24, 2.45) is 0 Å². The van der Waals surface area contributed by atoms with Crippen LogP contribution in [0.2, 0.25) is 0 Å². The third-order valence-electron chi connectivity index (χ3n) is 3.29. The van der Waals surface area contributed by atoms with Crippen molar-refractivity contribution in [3.63, 3.8) is 0 Å². The van der Waals surface area contributed by atoms with E-state index in [1.807, 2.05) is 31.2 Å². The number of hydrogen-bond acceptors (Lipinski definition) is 5. The number of hydrogen-bond donors (Lipinski definition) is 1. The minimum absolute atomic E-state index is 0.0357. The maximum atomic E-state index is 12.2. The molecule has 0 aliphatic rings. The fourth-order valence-electron chi connectivity index (χ4n) is 2.03. The van der Waals surface area contributed by atoms with Gasteiger partial charge in [0.05, 0.1) is 13.5 Å². The number of nitrogens with zero attached hydrogens (tertiary/aromatic N) is 4. The fraction of sp³-hybridized carbons (Fsp3) is 0.429. The summed E-state index contributed by atoms with van der Waals surface area (Å²) in [4.78, 5) is 13.9. The second-order valence-corrected chi connectivity index (χ2v) is 4.97. The van der Waals surface area contributed by atoms with E-state index >= 15 is 0 Å². The summed E-state index contributed by atoms with van der Waals surface area (Å²) in [6.45, 7) is 2.51. The summed E-state index contributed by atoms with van der Waals surface area (Å²) in [5.41, 5.74) is 0.958. The van der Waals surface area contributed by atoms with Crippen LogP contribution < -0.4 is 4.74 Å². The zero-order valence-electron chi connectivity index (χ0n) is 12.4. The first-order valence-electron chi connectivity index (χ1n) is 6.70. The molecular formula is C14H19N5O2. The SMILES string of the molecule is COc1ccc(CC(=O)N(C)C[C@H](C)c2nn[nH]n2)cc1. The molecule has 1 heterocycles. The minimum Gasteiger partial charge on any atom is -0.497 e. The number of nitrogens with one attached hydrogen (secondary N) is 1. The van der Waals surface area contributed by atoms with Crippen molar-refractivity contribution < 1.29 is 9.53 Å². The van der Waals surface area contributed by atoms with Crippen molar-refractivity contribution in [1.82, 2.24) is 25.5 Å². The summed E-state index contributed by atoms with van der Waals surface area (Å²) in [5.74, 6) is 1.48. The smallest absolute Gasteiger partial charge is 0.226 e. The molecule has 21 heavy (non-hydrogen) atoms. The first-order valence-corrected chi connectivity index (χ1v) is 6.70. The van der Waals surface area contributed by atoms with Crippen LogP contribution in [-0.2, 0) is 11.2 Å². The van der Waals surface area contributed by atoms with E-state index in [0.29, 0.717) is 18.8 Å². The lowest BCUT2D eigenvalue weighted by Crippen LogP contribution is -2.31. The molecule has 1 amide bonds. The number of carbonyl (C=O) groups excluding carboxylic acids is 1. The van der Waals surface area contributed by atoms with Crippen LogP contribution in [0.5, 0.6) is 5.75 Å². The van der Waals surface area contributed by atoms with Crippen LogP contribution in [0.15, 0.2) is 24.3 Å². The fourth-order valence-corrected chi connectivity index (χ4v) is 2.03. The zero-order valence-corrected chi connectivity index (χ0v) is 12.4. The summed E-state index contributed by atoms with van der Waals surface area (Å²) in [6.07, 6.45) is 0.361. The van der Waals surface area contributed by atoms with Crippen molar-refractivity contribution in [2.45, 2.75) is 19.3 Å². The third-order valence-corrected chi connectivity index (χ3v) is 3.29. The van der Waals surface area contributed by atoms with E-state index in [1.165, 1.54) is 0 Å². The topological polar surface area (TPSA) is 84.0 Å². The Morgan fingerprint density at radius 2 is 2.10 bits per heavy atom. The Morgan fingerprint density at radius 3 is 2.67 bits per heavy atom. The zero-order chi connectivity index (χ0) is 15.2. The number of likely N-dealkylation sites (N-methyl/N-ethyl adjacent to an activating group) is 1. The first kappa shape index (κ1) is 15.0. The molecule has 0 spiro atoms. The summed E-state index contributed by atoms with van der Waals surface area (Å²) in [7, 11) is 3.40. The Balaban J connectivity index is 1.89. The van der Waals surface area contributed by atoms with Gasteiger partial charge >= 0.3 is 0 Å². The van der Waals surface area contributed by atoms with Crippen LogP contribution in [0.1, 0.15) is 24.2 Å². The van der Waals surface area contributed by atoms with Crippen molar-refractivity contribution in [3.8, 4) is 5.75 Å².